The Morgan fingerprint density at radius 1 is 1.39 bits per heavy atom. The van der Waals surface area contributed by atoms with Gasteiger partial charge in [0.25, 0.3) is 0 Å². The predicted molar refractivity (Wildman–Crippen MR) is 63.8 cm³/mol. The SMILES string of the molecule is CCCCN(CC(N)=O)C(=O)N1CC(C(=O)O)C1. The number of nitrogens with zero attached hydrogens (tertiary/aromatic N) is 2. The molecule has 0 aliphatic carbocycles. The summed E-state index contributed by atoms with van der Waals surface area (Å²) in [7, 11) is 0. The van der Waals surface area contributed by atoms with Crippen LogP contribution in [0.25, 0.3) is 0 Å². The average Bonchev–Trinajstić information content (AvgIpc) is 2.20. The molecule has 1 fully saturated rings. The Kier molecular flexibility index (Phi) is 4.94. The zero-order valence-electron chi connectivity index (χ0n) is 10.5. The van der Waals surface area contributed by atoms with Crippen LogP contribution in [0.5, 0.6) is 0 Å². The second-order valence-electron chi connectivity index (χ2n) is 4.46. The van der Waals surface area contributed by atoms with Crippen LogP contribution in [0, 0.1) is 5.92 Å². The van der Waals surface area contributed by atoms with Gasteiger partial charge in [-0.1, -0.05) is 13.3 Å². The van der Waals surface area contributed by atoms with Gasteiger partial charge in [0.15, 0.2) is 0 Å². The van der Waals surface area contributed by atoms with Gasteiger partial charge in [-0.15, -0.1) is 0 Å². The molecule has 0 radical (unpaired) electrons. The van der Waals surface area contributed by atoms with E-state index in [1.165, 1.54) is 9.80 Å². The molecule has 0 unspecified atom stereocenters. The topological polar surface area (TPSA) is 104 Å². The molecule has 102 valence electrons. The maximum Gasteiger partial charge on any atom is 0.320 e. The second kappa shape index (κ2) is 6.23. The summed E-state index contributed by atoms with van der Waals surface area (Å²) < 4.78 is 0. The highest BCUT2D eigenvalue weighted by Crippen LogP contribution is 2.17. The molecule has 0 atom stereocenters. The van der Waals surface area contributed by atoms with Crippen LogP contribution in [0.4, 0.5) is 4.79 Å². The van der Waals surface area contributed by atoms with E-state index in [1.54, 1.807) is 0 Å². The van der Waals surface area contributed by atoms with E-state index in [-0.39, 0.29) is 25.7 Å². The fourth-order valence-electron chi connectivity index (χ4n) is 1.77. The number of carboxylic acid groups (broad SMARTS) is 1. The van der Waals surface area contributed by atoms with Crippen LogP contribution in [0.2, 0.25) is 0 Å². The first-order valence-electron chi connectivity index (χ1n) is 6.00. The van der Waals surface area contributed by atoms with E-state index in [4.69, 9.17) is 10.8 Å². The van der Waals surface area contributed by atoms with Gasteiger partial charge >= 0.3 is 12.0 Å². The molecular weight excluding hydrogens is 238 g/mol. The summed E-state index contributed by atoms with van der Waals surface area (Å²) in [6.45, 7) is 2.74. The van der Waals surface area contributed by atoms with Gasteiger partial charge in [0.05, 0.1) is 5.92 Å². The third-order valence-corrected chi connectivity index (χ3v) is 2.90. The van der Waals surface area contributed by atoms with Gasteiger partial charge in [-0.05, 0) is 6.42 Å². The molecule has 7 nitrogen and oxygen atoms in total. The smallest absolute Gasteiger partial charge is 0.320 e. The van der Waals surface area contributed by atoms with Crippen LogP contribution in [0.3, 0.4) is 0 Å². The summed E-state index contributed by atoms with van der Waals surface area (Å²) >= 11 is 0. The van der Waals surface area contributed by atoms with Crippen molar-refractivity contribution in [3.05, 3.63) is 0 Å². The number of carboxylic acids is 1. The Labute approximate surface area is 106 Å². The molecule has 18 heavy (non-hydrogen) atoms. The number of carbonyl (C=O) groups excluding carboxylic acids is 2. The standard InChI is InChI=1S/C11H19N3O4/c1-2-3-4-13(7-9(12)15)11(18)14-5-8(6-14)10(16)17/h8H,2-7H2,1H3,(H2,12,15)(H,16,17). The quantitative estimate of drug-likeness (QED) is 0.682. The van der Waals surface area contributed by atoms with Crippen molar-refractivity contribution in [2.24, 2.45) is 11.7 Å². The molecule has 0 aromatic heterocycles. The minimum atomic E-state index is -0.894. The van der Waals surface area contributed by atoms with Crippen molar-refractivity contribution in [2.75, 3.05) is 26.2 Å². The molecular formula is C11H19N3O4. The van der Waals surface area contributed by atoms with Crippen molar-refractivity contribution in [1.82, 2.24) is 9.80 Å². The number of rotatable bonds is 6. The lowest BCUT2D eigenvalue weighted by atomic mass is 10.0. The third kappa shape index (κ3) is 3.61. The van der Waals surface area contributed by atoms with Crippen molar-refractivity contribution in [2.45, 2.75) is 19.8 Å². The maximum atomic E-state index is 12.0. The van der Waals surface area contributed by atoms with E-state index in [0.717, 1.165) is 12.8 Å². The first-order chi connectivity index (χ1) is 8.45. The first-order valence-corrected chi connectivity index (χ1v) is 6.00. The highest BCUT2D eigenvalue weighted by atomic mass is 16.4. The highest BCUT2D eigenvalue weighted by molar-refractivity contribution is 5.84. The zero-order valence-corrected chi connectivity index (χ0v) is 10.5. The Morgan fingerprint density at radius 3 is 2.44 bits per heavy atom. The van der Waals surface area contributed by atoms with Gasteiger partial charge in [0, 0.05) is 19.6 Å². The van der Waals surface area contributed by atoms with Crippen LogP contribution in [-0.2, 0) is 9.59 Å². The van der Waals surface area contributed by atoms with Gasteiger partial charge in [0.2, 0.25) is 5.91 Å². The molecule has 3 N–H and O–H groups in total. The number of aliphatic carboxylic acids is 1. The molecule has 0 saturated carbocycles. The Hall–Kier alpha value is -1.79. The minimum Gasteiger partial charge on any atom is -0.481 e. The Morgan fingerprint density at radius 2 is 2.00 bits per heavy atom. The number of urea groups is 1. The first kappa shape index (κ1) is 14.3. The number of carbonyl (C=O) groups is 3. The summed E-state index contributed by atoms with van der Waals surface area (Å²) in [5.41, 5.74) is 5.09. The van der Waals surface area contributed by atoms with Crippen molar-refractivity contribution >= 4 is 17.9 Å². The maximum absolute atomic E-state index is 12.0. The number of unbranched alkanes of at least 4 members (excludes halogenated alkanes) is 1. The molecule has 0 aromatic carbocycles. The van der Waals surface area contributed by atoms with Crippen LogP contribution >= 0.6 is 0 Å². The summed E-state index contributed by atoms with van der Waals surface area (Å²) in [5.74, 6) is -1.95. The van der Waals surface area contributed by atoms with Crippen molar-refractivity contribution in [1.29, 1.82) is 0 Å². The zero-order chi connectivity index (χ0) is 13.7. The predicted octanol–water partition coefficient (Wildman–Crippen LogP) is -0.290. The van der Waals surface area contributed by atoms with Gasteiger partial charge in [-0.25, -0.2) is 4.79 Å². The molecule has 0 aromatic rings. The normalized spacial score (nSPS) is 15.1. The summed E-state index contributed by atoms with van der Waals surface area (Å²) in [4.78, 5) is 36.3. The van der Waals surface area contributed by atoms with E-state index < -0.39 is 17.8 Å². The summed E-state index contributed by atoms with van der Waals surface area (Å²) in [5, 5.41) is 8.73. The number of nitrogens with two attached hydrogens (primary N) is 1. The summed E-state index contributed by atoms with van der Waals surface area (Å²) in [6.07, 6.45) is 1.69. The molecule has 0 bridgehead atoms. The third-order valence-electron chi connectivity index (χ3n) is 2.90. The fourth-order valence-corrected chi connectivity index (χ4v) is 1.77. The molecule has 7 heteroatoms. The van der Waals surface area contributed by atoms with Crippen LogP contribution in [-0.4, -0.2) is 59.0 Å². The fraction of sp³-hybridized carbons (Fsp3) is 0.727. The number of hydrogen-bond donors (Lipinski definition) is 2. The minimum absolute atomic E-state index is 0.118. The lowest BCUT2D eigenvalue weighted by Crippen LogP contribution is -2.58. The molecule has 3 amide bonds. The van der Waals surface area contributed by atoms with E-state index in [1.807, 2.05) is 6.92 Å². The largest absolute Gasteiger partial charge is 0.481 e. The van der Waals surface area contributed by atoms with E-state index >= 15 is 0 Å². The van der Waals surface area contributed by atoms with Crippen LogP contribution in [0.1, 0.15) is 19.8 Å². The lowest BCUT2D eigenvalue weighted by Gasteiger charge is -2.39. The Balaban J connectivity index is 2.49. The molecule has 0 spiro atoms. The number of likely N-dealkylation sites (tertiary alicyclic amines) is 1. The van der Waals surface area contributed by atoms with Crippen molar-refractivity contribution in [3.8, 4) is 0 Å². The highest BCUT2D eigenvalue weighted by Gasteiger charge is 2.37. The molecule has 1 rings (SSSR count). The average molecular weight is 257 g/mol. The van der Waals surface area contributed by atoms with Gasteiger partial charge < -0.3 is 20.6 Å². The van der Waals surface area contributed by atoms with E-state index in [9.17, 15) is 14.4 Å². The van der Waals surface area contributed by atoms with Crippen LogP contribution in [0.15, 0.2) is 0 Å². The summed E-state index contributed by atoms with van der Waals surface area (Å²) in [6, 6.07) is -0.306. The Bertz CT molecular complexity index is 339. The number of hydrogen-bond acceptors (Lipinski definition) is 3. The molecule has 1 saturated heterocycles. The number of amides is 3. The monoisotopic (exact) mass is 257 g/mol. The van der Waals surface area contributed by atoms with Gasteiger partial charge in [-0.3, -0.25) is 9.59 Å². The van der Waals surface area contributed by atoms with Crippen molar-refractivity contribution < 1.29 is 19.5 Å². The van der Waals surface area contributed by atoms with Gasteiger partial charge in [0.1, 0.15) is 6.54 Å². The van der Waals surface area contributed by atoms with E-state index in [0.29, 0.717) is 6.54 Å². The number of primary amides is 1. The van der Waals surface area contributed by atoms with E-state index in [2.05, 4.69) is 0 Å². The second-order valence-corrected chi connectivity index (χ2v) is 4.46. The molecule has 1 aliphatic heterocycles. The van der Waals surface area contributed by atoms with Crippen LogP contribution < -0.4 is 5.73 Å². The van der Waals surface area contributed by atoms with Crippen molar-refractivity contribution in [3.63, 3.8) is 0 Å². The van der Waals surface area contributed by atoms with Gasteiger partial charge in [-0.2, -0.15) is 0 Å². The lowest BCUT2D eigenvalue weighted by molar-refractivity contribution is -0.146. The molecule has 1 aliphatic rings. The molecule has 1 heterocycles.